The highest BCUT2D eigenvalue weighted by Crippen LogP contribution is 2.25. The minimum absolute atomic E-state index is 0.568. The molecule has 20 heavy (non-hydrogen) atoms. The van der Waals surface area contributed by atoms with E-state index in [2.05, 4.69) is 20.4 Å². The summed E-state index contributed by atoms with van der Waals surface area (Å²) in [7, 11) is 1.86. The molecule has 0 aliphatic carbocycles. The first-order valence-electron chi connectivity index (χ1n) is 5.88. The quantitative estimate of drug-likeness (QED) is 0.396. The number of aryl methyl sites for hydroxylation is 2. The van der Waals surface area contributed by atoms with Crippen molar-refractivity contribution >= 4 is 22.6 Å². The third-order valence-corrected chi connectivity index (χ3v) is 3.33. The van der Waals surface area contributed by atoms with Gasteiger partial charge >= 0.3 is 0 Å². The smallest absolute Gasteiger partial charge is 0.183 e. The van der Waals surface area contributed by atoms with Gasteiger partial charge in [-0.3, -0.25) is 5.32 Å². The molecule has 0 saturated heterocycles. The lowest BCUT2D eigenvalue weighted by atomic mass is 10.1. The molecule has 0 radical (unpaired) electrons. The zero-order valence-electron chi connectivity index (χ0n) is 11.5. The van der Waals surface area contributed by atoms with Crippen LogP contribution in [0, 0.1) is 18.4 Å². The number of hydrogen-bond donors (Lipinski definition) is 1. The number of nitriles is 1. The fourth-order valence-corrected chi connectivity index (χ4v) is 2.14. The molecule has 6 nitrogen and oxygen atoms in total. The zero-order chi connectivity index (χ0) is 14.5. The highest BCUT2D eigenvalue weighted by Gasteiger charge is 2.08. The molecule has 1 heterocycles. The van der Waals surface area contributed by atoms with Crippen LogP contribution in [0.25, 0.3) is 11.4 Å². The van der Waals surface area contributed by atoms with E-state index >= 15 is 0 Å². The Morgan fingerprint density at radius 1 is 1.50 bits per heavy atom. The Morgan fingerprint density at radius 2 is 2.30 bits per heavy atom. The van der Waals surface area contributed by atoms with E-state index < -0.39 is 0 Å². The molecular weight excluding hydrogens is 272 g/mol. The van der Waals surface area contributed by atoms with Crippen LogP contribution in [-0.2, 0) is 7.05 Å². The lowest BCUT2D eigenvalue weighted by Crippen LogP contribution is -2.12. The second-order valence-electron chi connectivity index (χ2n) is 4.06. The maximum absolute atomic E-state index is 8.63. The number of nitrogens with one attached hydrogen (secondary N) is 1. The third-order valence-electron chi connectivity index (χ3n) is 2.75. The predicted octanol–water partition coefficient (Wildman–Crippen LogP) is 2.21. The van der Waals surface area contributed by atoms with Gasteiger partial charge in [0, 0.05) is 12.6 Å². The first-order valence-corrected chi connectivity index (χ1v) is 7.11. The second kappa shape index (κ2) is 6.21. The van der Waals surface area contributed by atoms with Crippen molar-refractivity contribution in [3.8, 4) is 17.6 Å². The molecule has 0 unspecified atom stereocenters. The molecule has 0 amide bonds. The molecule has 2 aromatic rings. The minimum atomic E-state index is 0.568. The van der Waals surface area contributed by atoms with Crippen molar-refractivity contribution < 1.29 is 0 Å². The predicted molar refractivity (Wildman–Crippen MR) is 80.5 cm³/mol. The fraction of sp³-hybridized carbons (Fsp3) is 0.231. The van der Waals surface area contributed by atoms with Gasteiger partial charge in [0.15, 0.2) is 17.2 Å². The molecule has 102 valence electrons. The largest absolute Gasteiger partial charge is 0.271 e. The van der Waals surface area contributed by atoms with E-state index in [0.29, 0.717) is 5.17 Å². The zero-order valence-corrected chi connectivity index (χ0v) is 12.3. The Hall–Kier alpha value is -2.33. The Kier molecular flexibility index (Phi) is 4.38. The van der Waals surface area contributed by atoms with Gasteiger partial charge in [0.2, 0.25) is 0 Å². The highest BCUT2D eigenvalue weighted by atomic mass is 32.2. The van der Waals surface area contributed by atoms with Gasteiger partial charge in [-0.25, -0.2) is 14.7 Å². The summed E-state index contributed by atoms with van der Waals surface area (Å²) in [5.74, 6) is 0.818. The number of amidine groups is 1. The normalized spacial score (nSPS) is 11.2. The lowest BCUT2D eigenvalue weighted by Gasteiger charge is -2.06. The average molecular weight is 286 g/mol. The molecule has 0 fully saturated rings. The van der Waals surface area contributed by atoms with Crippen molar-refractivity contribution in [2.45, 2.75) is 6.92 Å². The lowest BCUT2D eigenvalue weighted by molar-refractivity contribution is 0.774. The molecule has 7 heteroatoms. The van der Waals surface area contributed by atoms with Crippen LogP contribution in [-0.4, -0.2) is 26.2 Å². The van der Waals surface area contributed by atoms with E-state index in [-0.39, 0.29) is 0 Å². The maximum atomic E-state index is 8.63. The van der Waals surface area contributed by atoms with E-state index in [1.807, 2.05) is 44.6 Å². The van der Waals surface area contributed by atoms with Gasteiger partial charge in [0.05, 0.1) is 5.69 Å². The van der Waals surface area contributed by atoms with Gasteiger partial charge < -0.3 is 0 Å². The summed E-state index contributed by atoms with van der Waals surface area (Å²) in [5.41, 5.74) is 2.86. The van der Waals surface area contributed by atoms with Crippen LogP contribution in [0.2, 0.25) is 0 Å². The monoisotopic (exact) mass is 286 g/mol. The summed E-state index contributed by atoms with van der Waals surface area (Å²) in [6.45, 7) is 2.00. The molecule has 0 spiro atoms. The summed E-state index contributed by atoms with van der Waals surface area (Å²) in [6, 6.07) is 5.81. The molecule has 0 saturated carbocycles. The van der Waals surface area contributed by atoms with Crippen LogP contribution in [0.5, 0.6) is 0 Å². The Labute approximate surface area is 121 Å². The van der Waals surface area contributed by atoms with Gasteiger partial charge in [-0.2, -0.15) is 10.4 Å². The summed E-state index contributed by atoms with van der Waals surface area (Å²) in [5, 5.41) is 15.8. The summed E-state index contributed by atoms with van der Waals surface area (Å²) >= 11 is 1.39. The highest BCUT2D eigenvalue weighted by molar-refractivity contribution is 8.13. The van der Waals surface area contributed by atoms with Crippen molar-refractivity contribution in [1.29, 1.82) is 5.26 Å². The number of rotatable bonds is 2. The van der Waals surface area contributed by atoms with Crippen LogP contribution in [0.3, 0.4) is 0 Å². The van der Waals surface area contributed by atoms with Gasteiger partial charge in [0.25, 0.3) is 0 Å². The molecule has 1 aromatic heterocycles. The maximum Gasteiger partial charge on any atom is 0.183 e. The SMILES string of the molecule is CS/C(=N\c1ccc(-c2ncnn2C)c(C)c1)NC#N. The van der Waals surface area contributed by atoms with Crippen LogP contribution >= 0.6 is 11.8 Å². The molecule has 1 aromatic carbocycles. The molecule has 0 aliphatic rings. The van der Waals surface area contributed by atoms with Crippen molar-refractivity contribution in [3.63, 3.8) is 0 Å². The topological polar surface area (TPSA) is 78.9 Å². The standard InChI is InChI=1S/C13H14N6S/c1-9-6-10(18-13(20-3)15-7-14)4-5-11(9)12-16-8-17-19(12)2/h4-6,8H,1-3H3,(H,15,18). The number of aromatic nitrogens is 3. The molecule has 1 N–H and O–H groups in total. The molecule has 0 aliphatic heterocycles. The summed E-state index contributed by atoms with van der Waals surface area (Å²) in [4.78, 5) is 8.62. The van der Waals surface area contributed by atoms with Gasteiger partial charge in [-0.05, 0) is 36.9 Å². The Balaban J connectivity index is 2.36. The minimum Gasteiger partial charge on any atom is -0.271 e. The van der Waals surface area contributed by atoms with E-state index in [1.165, 1.54) is 18.1 Å². The van der Waals surface area contributed by atoms with Crippen LogP contribution in [0.15, 0.2) is 29.5 Å². The van der Waals surface area contributed by atoms with Crippen molar-refractivity contribution in [2.24, 2.45) is 12.0 Å². The number of hydrogen-bond acceptors (Lipinski definition) is 5. The van der Waals surface area contributed by atoms with E-state index in [9.17, 15) is 0 Å². The summed E-state index contributed by atoms with van der Waals surface area (Å²) in [6.07, 6.45) is 5.27. The van der Waals surface area contributed by atoms with Crippen LogP contribution < -0.4 is 5.32 Å². The van der Waals surface area contributed by atoms with Crippen molar-refractivity contribution in [2.75, 3.05) is 6.26 Å². The summed E-state index contributed by atoms with van der Waals surface area (Å²) < 4.78 is 1.73. The number of aliphatic imine (C=N–C) groups is 1. The van der Waals surface area contributed by atoms with E-state index in [1.54, 1.807) is 4.68 Å². The Bertz CT molecular complexity index is 682. The van der Waals surface area contributed by atoms with Crippen LogP contribution in [0.4, 0.5) is 5.69 Å². The average Bonchev–Trinajstić information content (AvgIpc) is 2.84. The second-order valence-corrected chi connectivity index (χ2v) is 4.86. The first kappa shape index (κ1) is 14.1. The molecule has 2 rings (SSSR count). The first-order chi connectivity index (χ1) is 9.65. The number of thioether (sulfide) groups is 1. The van der Waals surface area contributed by atoms with Gasteiger partial charge in [-0.1, -0.05) is 11.8 Å². The van der Waals surface area contributed by atoms with E-state index in [0.717, 1.165) is 22.6 Å². The fourth-order valence-electron chi connectivity index (χ4n) is 1.80. The van der Waals surface area contributed by atoms with Gasteiger partial charge in [-0.15, -0.1) is 0 Å². The molecule has 0 atom stereocenters. The van der Waals surface area contributed by atoms with Crippen LogP contribution in [0.1, 0.15) is 5.56 Å². The van der Waals surface area contributed by atoms with Gasteiger partial charge in [0.1, 0.15) is 6.33 Å². The number of nitrogens with zero attached hydrogens (tertiary/aromatic N) is 5. The Morgan fingerprint density at radius 3 is 2.85 bits per heavy atom. The molecule has 0 bridgehead atoms. The molecular formula is C13H14N6S. The third kappa shape index (κ3) is 2.97. The number of benzene rings is 1. The van der Waals surface area contributed by atoms with E-state index in [4.69, 9.17) is 5.26 Å². The van der Waals surface area contributed by atoms with Crippen molar-refractivity contribution in [1.82, 2.24) is 20.1 Å². The van der Waals surface area contributed by atoms with Crippen molar-refractivity contribution in [3.05, 3.63) is 30.1 Å².